The number of nitrogens with zero attached hydrogens (tertiary/aromatic N) is 10. The Morgan fingerprint density at radius 2 is 1.16 bits per heavy atom. The van der Waals surface area contributed by atoms with Gasteiger partial charge >= 0.3 is 5.97 Å². The number of ether oxygens (including phenoxy) is 1. The molecule has 6 heterocycles. The molecule has 0 aliphatic heterocycles. The van der Waals surface area contributed by atoms with E-state index in [0.717, 1.165) is 11.1 Å². The number of hydrogen-bond donors (Lipinski definition) is 2. The summed E-state index contributed by atoms with van der Waals surface area (Å²) in [5, 5.41) is 30.8. The number of aromatic nitrogens is 10. The van der Waals surface area contributed by atoms with Gasteiger partial charge in [-0.1, -0.05) is 93.3 Å². The van der Waals surface area contributed by atoms with Gasteiger partial charge in [-0.25, -0.2) is 4.79 Å². The van der Waals surface area contributed by atoms with Gasteiger partial charge in [-0.2, -0.15) is 10.2 Å². The summed E-state index contributed by atoms with van der Waals surface area (Å²) in [5.41, 5.74) is 9.70. The molecule has 0 fully saturated rings. The summed E-state index contributed by atoms with van der Waals surface area (Å²) in [6, 6.07) is 21.7. The summed E-state index contributed by atoms with van der Waals surface area (Å²) < 4.78 is 8.16. The van der Waals surface area contributed by atoms with E-state index in [-0.39, 0.29) is 30.1 Å². The topological polar surface area (TPSA) is 194 Å². The van der Waals surface area contributed by atoms with Gasteiger partial charge in [0.25, 0.3) is 20.1 Å². The maximum atomic E-state index is 12.4. The number of nitrogen functional groups attached to an aromatic ring is 1. The Labute approximate surface area is 395 Å². The molecule has 324 valence electrons. The van der Waals surface area contributed by atoms with Gasteiger partial charge in [-0.3, -0.25) is 24.1 Å². The van der Waals surface area contributed by atoms with E-state index in [2.05, 4.69) is 63.2 Å². The number of carbonyl (C=O) groups is 2. The minimum Gasteiger partial charge on any atom is -0.461 e. The third-order valence-electron chi connectivity index (χ3n) is 7.57. The first-order chi connectivity index (χ1) is 30.3. The number of anilines is 2. The molecule has 0 unspecified atom stereocenters. The average Bonchev–Trinajstić information content (AvgIpc) is 4.11. The number of carbonyl (C=O) groups excluding carboxylic acids is 2. The van der Waals surface area contributed by atoms with E-state index < -0.39 is 5.97 Å². The lowest BCUT2D eigenvalue weighted by Crippen LogP contribution is -2.11. The van der Waals surface area contributed by atoms with Crippen molar-refractivity contribution in [3.05, 3.63) is 151 Å². The van der Waals surface area contributed by atoms with Gasteiger partial charge in [-0.05, 0) is 55.5 Å². The number of nitrogens with one attached hydrogen (secondary N) is 1. The van der Waals surface area contributed by atoms with Gasteiger partial charge < -0.3 is 15.8 Å². The minimum atomic E-state index is -0.442. The second-order valence-corrected chi connectivity index (χ2v) is 20.5. The summed E-state index contributed by atoms with van der Waals surface area (Å²) in [7, 11) is 0. The molecule has 0 aliphatic rings. The maximum absolute atomic E-state index is 12.4. The highest BCUT2D eigenvalue weighted by Crippen LogP contribution is 2.27. The van der Waals surface area contributed by atoms with Crippen molar-refractivity contribution in [1.82, 2.24) is 49.9 Å². The number of benzene rings is 2. The molecule has 0 atom stereocenters. The lowest BCUT2D eigenvalue weighted by atomic mass is 10.2. The Kier molecular flexibility index (Phi) is 19.0. The molecule has 8 rings (SSSR count). The van der Waals surface area contributed by atoms with Crippen LogP contribution in [0.4, 0.5) is 11.4 Å². The summed E-state index contributed by atoms with van der Waals surface area (Å²) >= 11 is 26.6. The van der Waals surface area contributed by atoms with Crippen LogP contribution in [-0.2, 0) is 17.8 Å². The lowest BCUT2D eigenvalue weighted by molar-refractivity contribution is 0.0524. The predicted molar refractivity (Wildman–Crippen MR) is 254 cm³/mol. The minimum absolute atomic E-state index is 0.139. The van der Waals surface area contributed by atoms with Crippen LogP contribution < -0.4 is 11.1 Å². The zero-order valence-electron chi connectivity index (χ0n) is 34.2. The lowest BCUT2D eigenvalue weighted by Gasteiger charge is -2.06. The van der Waals surface area contributed by atoms with Crippen molar-refractivity contribution in [3.8, 4) is 21.4 Å². The van der Waals surface area contributed by atoms with Crippen molar-refractivity contribution in [1.29, 1.82) is 0 Å². The average molecular weight is 981 g/mol. The number of halogens is 4. The van der Waals surface area contributed by atoms with E-state index in [4.69, 9.17) is 56.9 Å². The Hall–Kier alpha value is -5.29. The normalized spacial score (nSPS) is 10.3. The van der Waals surface area contributed by atoms with E-state index in [1.54, 1.807) is 83.8 Å². The highest BCUT2D eigenvalue weighted by Gasteiger charge is 2.17. The number of amides is 1. The van der Waals surface area contributed by atoms with Crippen molar-refractivity contribution in [3.63, 3.8) is 0 Å². The second kappa shape index (κ2) is 24.5. The fourth-order valence-electron chi connectivity index (χ4n) is 4.86. The van der Waals surface area contributed by atoms with E-state index in [9.17, 15) is 9.59 Å². The summed E-state index contributed by atoms with van der Waals surface area (Å²) in [5.74, 6) is 6.11. The molecule has 15 nitrogen and oxygen atoms in total. The highest BCUT2D eigenvalue weighted by atomic mass is 35.5. The Bertz CT molecular complexity index is 2660. The first kappa shape index (κ1) is 48.7. The van der Waals surface area contributed by atoms with Gasteiger partial charge in [0.1, 0.15) is 11.4 Å². The van der Waals surface area contributed by atoms with Crippen molar-refractivity contribution in [2.75, 3.05) is 17.7 Å². The Morgan fingerprint density at radius 1 is 0.683 bits per heavy atom. The molecule has 2 aromatic carbocycles. The van der Waals surface area contributed by atoms with Crippen molar-refractivity contribution < 1.29 is 14.3 Å². The number of pyridine rings is 2. The molecule has 1 amide bonds. The van der Waals surface area contributed by atoms with Gasteiger partial charge in [0.05, 0.1) is 43.5 Å². The number of nitrogens with two attached hydrogens (primary N) is 1. The quantitative estimate of drug-likeness (QED) is 0.0974. The number of hydrogen-bond acceptors (Lipinski definition) is 14. The van der Waals surface area contributed by atoms with Gasteiger partial charge in [-0.15, -0.1) is 37.8 Å². The zero-order valence-corrected chi connectivity index (χ0v) is 40.0. The molecule has 0 spiro atoms. The molecule has 0 radical (unpaired) electrons. The summed E-state index contributed by atoms with van der Waals surface area (Å²) in [4.78, 5) is 32.1. The molecule has 0 aliphatic carbocycles. The maximum Gasteiger partial charge on any atom is 0.369 e. The summed E-state index contributed by atoms with van der Waals surface area (Å²) in [6.07, 6.45) is 9.89. The SMILES string of the molecule is CCOC(=O)c1nnc(-c2ccccn2)s1.Nc1cnn(Cc2c(Cl)cccc2Cl)c1.O=C(Nc1cnn(Cc2c(Cl)cccc2Cl)c1)c1nnc(-c2ccccn2)s1.[CH3][Al]([CH3])[CH3]. The van der Waals surface area contributed by atoms with Crippen LogP contribution in [0.25, 0.3) is 21.4 Å². The fourth-order valence-corrected chi connectivity index (χ4v) is 7.32. The molecule has 0 saturated heterocycles. The van der Waals surface area contributed by atoms with Gasteiger partial charge in [0, 0.05) is 56.0 Å². The van der Waals surface area contributed by atoms with Crippen LogP contribution in [0.15, 0.2) is 110 Å². The number of esters is 1. The van der Waals surface area contributed by atoms with Crippen LogP contribution in [0.2, 0.25) is 37.4 Å². The van der Waals surface area contributed by atoms with Crippen LogP contribution >= 0.6 is 69.1 Å². The molecule has 6 aromatic heterocycles. The molecular weight excluding hydrogens is 941 g/mol. The first-order valence-corrected chi connectivity index (χ1v) is 25.6. The molecule has 22 heteroatoms. The molecule has 0 bridgehead atoms. The highest BCUT2D eigenvalue weighted by molar-refractivity contribution is 7.16. The van der Waals surface area contributed by atoms with E-state index in [0.29, 0.717) is 72.6 Å². The van der Waals surface area contributed by atoms with E-state index >= 15 is 0 Å². The third-order valence-corrected chi connectivity index (χ3v) is 10.9. The Balaban J connectivity index is 0.000000182. The molecule has 0 saturated carbocycles. The van der Waals surface area contributed by atoms with Crippen LogP contribution in [0.1, 0.15) is 37.7 Å². The molecular formula is C41H39AlCl4N12O3S2. The monoisotopic (exact) mass is 978 g/mol. The predicted octanol–water partition coefficient (Wildman–Crippen LogP) is 10.4. The molecule has 63 heavy (non-hydrogen) atoms. The second-order valence-electron chi connectivity index (χ2n) is 13.5. The molecule has 8 aromatic rings. The van der Waals surface area contributed by atoms with Crippen LogP contribution in [0.3, 0.4) is 0 Å². The van der Waals surface area contributed by atoms with E-state index in [1.807, 2.05) is 42.5 Å². The summed E-state index contributed by atoms with van der Waals surface area (Å²) in [6.45, 7) is 2.99. The molecule has 3 N–H and O–H groups in total. The Morgan fingerprint density at radius 3 is 1.62 bits per heavy atom. The van der Waals surface area contributed by atoms with Crippen LogP contribution in [-0.4, -0.2) is 82.6 Å². The largest absolute Gasteiger partial charge is 0.461 e. The first-order valence-electron chi connectivity index (χ1n) is 19.0. The fraction of sp³-hybridized carbons (Fsp3) is 0.171. The third kappa shape index (κ3) is 15.2. The standard InChI is InChI=1S/C18H12Cl2N6OS.C10H9Cl2N3.C10H9N3O2S.3CH3.Al/c19-13-4-3-5-14(20)12(13)10-26-9-11(8-22-26)23-16(27)18-25-24-17(28-18)15-6-1-2-7-21-15;11-9-2-1-3-10(12)8(9)6-15-5-7(13)4-14-15;1-2-15-10(14)9-13-12-8(16-9)7-5-3-4-6-11-7;;;;/h1-9H,10H2,(H,23,27);1-5H,6,13H2;3-6H,2H2,1H3;3*1H3;. The van der Waals surface area contributed by atoms with Gasteiger partial charge in [0.15, 0.2) is 10.0 Å². The number of rotatable bonds is 10. The van der Waals surface area contributed by atoms with Crippen LogP contribution in [0, 0.1) is 0 Å². The van der Waals surface area contributed by atoms with Gasteiger partial charge in [0.2, 0.25) is 10.0 Å². The smallest absolute Gasteiger partial charge is 0.369 e. The van der Waals surface area contributed by atoms with E-state index in [1.165, 1.54) is 22.7 Å². The van der Waals surface area contributed by atoms with Crippen molar-refractivity contribution >= 4 is 106 Å². The van der Waals surface area contributed by atoms with Crippen LogP contribution in [0.5, 0.6) is 0 Å². The van der Waals surface area contributed by atoms with Crippen molar-refractivity contribution in [2.45, 2.75) is 37.4 Å². The zero-order chi connectivity index (χ0) is 45.3. The van der Waals surface area contributed by atoms with Crippen molar-refractivity contribution in [2.24, 2.45) is 0 Å².